The first-order valence-corrected chi connectivity index (χ1v) is 6.78. The average Bonchev–Trinajstić information content (AvgIpc) is 2.42. The van der Waals surface area contributed by atoms with Crippen LogP contribution in [-0.2, 0) is 11.2 Å². The maximum absolute atomic E-state index is 11.9. The Morgan fingerprint density at radius 1 is 1.15 bits per heavy atom. The molecule has 0 aliphatic rings. The van der Waals surface area contributed by atoms with Crippen molar-refractivity contribution in [1.82, 2.24) is 0 Å². The van der Waals surface area contributed by atoms with Crippen LogP contribution in [0.5, 0.6) is 0 Å². The lowest BCUT2D eigenvalue weighted by Gasteiger charge is -2.07. The quantitative estimate of drug-likeness (QED) is 0.853. The van der Waals surface area contributed by atoms with Crippen LogP contribution in [0.15, 0.2) is 48.5 Å². The van der Waals surface area contributed by atoms with Crippen LogP contribution in [0.1, 0.15) is 11.1 Å². The molecule has 0 saturated heterocycles. The summed E-state index contributed by atoms with van der Waals surface area (Å²) in [5.74, 6) is -0.124. The lowest BCUT2D eigenvalue weighted by Crippen LogP contribution is -2.15. The summed E-state index contributed by atoms with van der Waals surface area (Å²) in [4.78, 5) is 12.3. The fourth-order valence-electron chi connectivity index (χ4n) is 1.73. The van der Waals surface area contributed by atoms with E-state index >= 15 is 0 Å². The molecule has 3 N–H and O–H groups in total. The van der Waals surface area contributed by atoms with Crippen LogP contribution in [0, 0.1) is 0 Å². The Morgan fingerprint density at radius 2 is 1.80 bits per heavy atom. The van der Waals surface area contributed by atoms with Crippen LogP contribution in [-0.4, -0.2) is 10.9 Å². The molecule has 0 heterocycles. The lowest BCUT2D eigenvalue weighted by atomic mass is 10.1. The molecule has 0 saturated carbocycles. The zero-order valence-corrected chi connectivity index (χ0v) is 12.2. The minimum Gasteiger partial charge on any atom is -0.389 e. The van der Waals surface area contributed by atoms with Gasteiger partial charge in [0.25, 0.3) is 0 Å². The van der Waals surface area contributed by atoms with E-state index in [2.05, 4.69) is 5.32 Å². The number of thiocarbonyl (C=S) groups is 1. The van der Waals surface area contributed by atoms with Gasteiger partial charge in [0.05, 0.1) is 17.1 Å². The minimum atomic E-state index is -0.124. The first kappa shape index (κ1) is 14.5. The van der Waals surface area contributed by atoms with Crippen molar-refractivity contribution in [3.8, 4) is 0 Å². The monoisotopic (exact) mass is 304 g/mol. The van der Waals surface area contributed by atoms with E-state index in [1.807, 2.05) is 24.3 Å². The third-order valence-electron chi connectivity index (χ3n) is 2.75. The molecular weight excluding hydrogens is 292 g/mol. The molecule has 3 nitrogen and oxygen atoms in total. The number of para-hydroxylation sites is 1. The number of anilines is 1. The van der Waals surface area contributed by atoms with Crippen LogP contribution >= 0.6 is 23.8 Å². The summed E-state index contributed by atoms with van der Waals surface area (Å²) in [6.07, 6.45) is 0.267. The third kappa shape index (κ3) is 3.79. The number of nitrogens with one attached hydrogen (secondary N) is 1. The molecule has 0 bridgehead atoms. The smallest absolute Gasteiger partial charge is 0.228 e. The van der Waals surface area contributed by atoms with Gasteiger partial charge < -0.3 is 11.1 Å². The third-order valence-corrected chi connectivity index (χ3v) is 3.32. The Morgan fingerprint density at radius 3 is 2.40 bits per heavy atom. The first-order valence-electron chi connectivity index (χ1n) is 5.99. The predicted molar refractivity (Wildman–Crippen MR) is 86.1 cm³/mol. The largest absolute Gasteiger partial charge is 0.389 e. The van der Waals surface area contributed by atoms with Gasteiger partial charge in [0.2, 0.25) is 5.91 Å². The number of carbonyl (C=O) groups is 1. The molecule has 2 aromatic carbocycles. The second-order valence-electron chi connectivity index (χ2n) is 4.27. The standard InChI is InChI=1S/C15H13ClN2OS/c16-12-3-1-2-4-13(12)18-14(19)9-10-5-7-11(8-6-10)15(17)20/h1-8H,9H2,(H2,17,20)(H,18,19). The minimum absolute atomic E-state index is 0.124. The second kappa shape index (κ2) is 6.50. The molecular formula is C15H13ClN2OS. The highest BCUT2D eigenvalue weighted by molar-refractivity contribution is 7.80. The van der Waals surface area contributed by atoms with Gasteiger partial charge in [0, 0.05) is 5.56 Å². The first-order chi connectivity index (χ1) is 9.56. The van der Waals surface area contributed by atoms with Crippen LogP contribution in [0.2, 0.25) is 5.02 Å². The zero-order chi connectivity index (χ0) is 14.5. The van der Waals surface area contributed by atoms with E-state index in [0.29, 0.717) is 15.7 Å². The summed E-state index contributed by atoms with van der Waals surface area (Å²) >= 11 is 10.9. The Kier molecular flexibility index (Phi) is 4.71. The van der Waals surface area contributed by atoms with Crippen LogP contribution in [0.25, 0.3) is 0 Å². The molecule has 0 aliphatic carbocycles. The molecule has 0 radical (unpaired) electrons. The lowest BCUT2D eigenvalue weighted by molar-refractivity contribution is -0.115. The second-order valence-corrected chi connectivity index (χ2v) is 5.11. The summed E-state index contributed by atoms with van der Waals surface area (Å²) in [5.41, 5.74) is 7.80. The highest BCUT2D eigenvalue weighted by Crippen LogP contribution is 2.20. The maximum Gasteiger partial charge on any atom is 0.228 e. The summed E-state index contributed by atoms with van der Waals surface area (Å²) in [6.45, 7) is 0. The van der Waals surface area contributed by atoms with Gasteiger partial charge in [0.1, 0.15) is 4.99 Å². The summed E-state index contributed by atoms with van der Waals surface area (Å²) in [7, 11) is 0. The molecule has 102 valence electrons. The van der Waals surface area contributed by atoms with E-state index in [0.717, 1.165) is 11.1 Å². The van der Waals surface area contributed by atoms with Crippen molar-refractivity contribution < 1.29 is 4.79 Å². The number of benzene rings is 2. The van der Waals surface area contributed by atoms with Crippen LogP contribution in [0.3, 0.4) is 0 Å². The molecule has 0 atom stereocenters. The van der Waals surface area contributed by atoms with Crippen molar-refractivity contribution in [2.45, 2.75) is 6.42 Å². The molecule has 0 fully saturated rings. The van der Waals surface area contributed by atoms with E-state index in [-0.39, 0.29) is 12.3 Å². The van der Waals surface area contributed by atoms with Gasteiger partial charge in [-0.25, -0.2) is 0 Å². The topological polar surface area (TPSA) is 55.1 Å². The predicted octanol–water partition coefficient (Wildman–Crippen LogP) is 3.16. The van der Waals surface area contributed by atoms with E-state index in [1.54, 1.807) is 24.3 Å². The van der Waals surface area contributed by atoms with Gasteiger partial charge in [-0.05, 0) is 17.7 Å². The summed E-state index contributed by atoms with van der Waals surface area (Å²) < 4.78 is 0. The number of carbonyl (C=O) groups excluding carboxylic acids is 1. The van der Waals surface area contributed by atoms with Gasteiger partial charge in [-0.3, -0.25) is 4.79 Å². The molecule has 0 aliphatic heterocycles. The maximum atomic E-state index is 11.9. The molecule has 20 heavy (non-hydrogen) atoms. The normalized spacial score (nSPS) is 10.1. The zero-order valence-electron chi connectivity index (χ0n) is 10.6. The Balaban J connectivity index is 2.01. The number of hydrogen-bond acceptors (Lipinski definition) is 2. The van der Waals surface area contributed by atoms with Crippen molar-refractivity contribution in [3.63, 3.8) is 0 Å². The van der Waals surface area contributed by atoms with Crippen molar-refractivity contribution in [2.75, 3.05) is 5.32 Å². The van der Waals surface area contributed by atoms with Crippen molar-refractivity contribution in [2.24, 2.45) is 5.73 Å². The van der Waals surface area contributed by atoms with Gasteiger partial charge in [-0.2, -0.15) is 0 Å². The molecule has 0 unspecified atom stereocenters. The van der Waals surface area contributed by atoms with Crippen LogP contribution < -0.4 is 11.1 Å². The highest BCUT2D eigenvalue weighted by Gasteiger charge is 2.06. The van der Waals surface area contributed by atoms with Gasteiger partial charge in [-0.1, -0.05) is 60.2 Å². The summed E-state index contributed by atoms with van der Waals surface area (Å²) in [6, 6.07) is 14.4. The Labute approximate surface area is 127 Å². The molecule has 2 rings (SSSR count). The number of amides is 1. The van der Waals surface area contributed by atoms with E-state index < -0.39 is 0 Å². The van der Waals surface area contributed by atoms with Gasteiger partial charge >= 0.3 is 0 Å². The molecule has 2 aromatic rings. The molecule has 0 spiro atoms. The molecule has 1 amide bonds. The van der Waals surface area contributed by atoms with Gasteiger partial charge in [0.15, 0.2) is 0 Å². The molecule has 5 heteroatoms. The molecule has 0 aromatic heterocycles. The number of hydrogen-bond donors (Lipinski definition) is 2. The number of halogens is 1. The Hall–Kier alpha value is -1.91. The van der Waals surface area contributed by atoms with E-state index in [4.69, 9.17) is 29.6 Å². The summed E-state index contributed by atoms with van der Waals surface area (Å²) in [5, 5.41) is 3.29. The van der Waals surface area contributed by atoms with Crippen molar-refractivity contribution in [3.05, 3.63) is 64.7 Å². The van der Waals surface area contributed by atoms with Crippen molar-refractivity contribution in [1.29, 1.82) is 0 Å². The SMILES string of the molecule is NC(=S)c1ccc(CC(=O)Nc2ccccc2Cl)cc1. The number of nitrogens with two attached hydrogens (primary N) is 1. The fourth-order valence-corrected chi connectivity index (χ4v) is 2.05. The Bertz CT molecular complexity index is 641. The number of rotatable bonds is 4. The van der Waals surface area contributed by atoms with Gasteiger partial charge in [-0.15, -0.1) is 0 Å². The van der Waals surface area contributed by atoms with E-state index in [9.17, 15) is 4.79 Å². The fraction of sp³-hybridized carbons (Fsp3) is 0.0667. The van der Waals surface area contributed by atoms with Crippen molar-refractivity contribution >= 4 is 40.4 Å². The highest BCUT2D eigenvalue weighted by atomic mass is 35.5. The van der Waals surface area contributed by atoms with Crippen LogP contribution in [0.4, 0.5) is 5.69 Å². The van der Waals surface area contributed by atoms with E-state index in [1.165, 1.54) is 0 Å². The average molecular weight is 305 g/mol.